The maximum atomic E-state index is 13.4. The molecule has 286 valence electrons. The number of hydrogen-bond donors (Lipinski definition) is 2. The van der Waals surface area contributed by atoms with Crippen LogP contribution in [-0.2, 0) is 19.1 Å². The SMILES string of the molecule is CC(C)C1=C2C3CCC4C(C)(CCC5C(C)(C)C(OC(=O)CC(C)(C)C(=O)O)CCC54C)C3CCC2(/C=C/C(=O)NC(C)c2cccc(Cl)c2)CC1. The van der Waals surface area contributed by atoms with Crippen molar-refractivity contribution in [2.45, 2.75) is 145 Å². The summed E-state index contributed by atoms with van der Waals surface area (Å²) in [5.74, 6) is 1.30. The van der Waals surface area contributed by atoms with Gasteiger partial charge in [-0.3, -0.25) is 14.4 Å². The molecule has 0 aromatic heterocycles. The van der Waals surface area contributed by atoms with Gasteiger partial charge in [0.05, 0.1) is 17.9 Å². The maximum absolute atomic E-state index is 13.4. The molecular formula is C45H64ClNO5. The molecule has 52 heavy (non-hydrogen) atoms. The molecule has 2 N–H and O–H groups in total. The Balaban J connectivity index is 1.21. The van der Waals surface area contributed by atoms with Gasteiger partial charge in [-0.2, -0.15) is 0 Å². The number of esters is 1. The molecule has 9 atom stereocenters. The van der Waals surface area contributed by atoms with Crippen LogP contribution in [-0.4, -0.2) is 29.1 Å². The summed E-state index contributed by atoms with van der Waals surface area (Å²) in [6, 6.07) is 7.58. The van der Waals surface area contributed by atoms with Crippen molar-refractivity contribution in [3.05, 3.63) is 58.1 Å². The van der Waals surface area contributed by atoms with Gasteiger partial charge in [0.15, 0.2) is 0 Å². The van der Waals surface area contributed by atoms with Crippen molar-refractivity contribution in [1.82, 2.24) is 5.32 Å². The minimum Gasteiger partial charge on any atom is -0.481 e. The second-order valence-electron chi connectivity index (χ2n) is 19.6. The van der Waals surface area contributed by atoms with Crippen molar-refractivity contribution in [3.8, 4) is 0 Å². The molecule has 4 fully saturated rings. The Morgan fingerprint density at radius 1 is 0.962 bits per heavy atom. The summed E-state index contributed by atoms with van der Waals surface area (Å²) in [6.45, 7) is 19.7. The number of carbonyl (C=O) groups is 3. The normalized spacial score (nSPS) is 36.0. The summed E-state index contributed by atoms with van der Waals surface area (Å²) in [6.07, 6.45) is 14.9. The van der Waals surface area contributed by atoms with Crippen molar-refractivity contribution in [3.63, 3.8) is 0 Å². The molecule has 0 aliphatic heterocycles. The van der Waals surface area contributed by atoms with Crippen molar-refractivity contribution < 1.29 is 24.2 Å². The zero-order chi connectivity index (χ0) is 38.0. The number of benzene rings is 1. The van der Waals surface area contributed by atoms with Crippen LogP contribution in [0.1, 0.15) is 145 Å². The lowest BCUT2D eigenvalue weighted by Crippen LogP contribution is -2.63. The molecule has 9 unspecified atom stereocenters. The van der Waals surface area contributed by atoms with E-state index < -0.39 is 17.4 Å². The van der Waals surface area contributed by atoms with Crippen LogP contribution in [0.2, 0.25) is 5.02 Å². The quantitative estimate of drug-likeness (QED) is 0.150. The van der Waals surface area contributed by atoms with E-state index in [9.17, 15) is 19.5 Å². The Labute approximate surface area is 318 Å². The Morgan fingerprint density at radius 2 is 1.67 bits per heavy atom. The molecule has 0 radical (unpaired) electrons. The van der Waals surface area contributed by atoms with Gasteiger partial charge in [0.2, 0.25) is 5.91 Å². The van der Waals surface area contributed by atoms with E-state index in [1.54, 1.807) is 25.0 Å². The van der Waals surface area contributed by atoms with E-state index >= 15 is 0 Å². The third-order valence-electron chi connectivity index (χ3n) is 15.5. The van der Waals surface area contributed by atoms with Gasteiger partial charge in [-0.25, -0.2) is 0 Å². The molecular weight excluding hydrogens is 670 g/mol. The van der Waals surface area contributed by atoms with Gasteiger partial charge in [-0.15, -0.1) is 0 Å². The fraction of sp³-hybridized carbons (Fsp3) is 0.711. The third-order valence-corrected chi connectivity index (χ3v) is 15.8. The number of carboxylic acids is 1. The third kappa shape index (κ3) is 6.70. The zero-order valence-electron chi connectivity index (χ0n) is 33.2. The van der Waals surface area contributed by atoms with Crippen LogP contribution in [0.3, 0.4) is 0 Å². The monoisotopic (exact) mass is 733 g/mol. The highest BCUT2D eigenvalue weighted by molar-refractivity contribution is 6.30. The molecule has 6 rings (SSSR count). The van der Waals surface area contributed by atoms with Crippen molar-refractivity contribution in [1.29, 1.82) is 0 Å². The first-order valence-electron chi connectivity index (χ1n) is 20.2. The predicted octanol–water partition coefficient (Wildman–Crippen LogP) is 10.9. The van der Waals surface area contributed by atoms with E-state index in [1.165, 1.54) is 25.7 Å². The number of ether oxygens (including phenoxy) is 1. The number of nitrogens with one attached hydrogen (secondary N) is 1. The predicted molar refractivity (Wildman–Crippen MR) is 207 cm³/mol. The van der Waals surface area contributed by atoms with Crippen LogP contribution < -0.4 is 5.32 Å². The van der Waals surface area contributed by atoms with E-state index in [0.717, 1.165) is 44.1 Å². The molecule has 0 saturated heterocycles. The van der Waals surface area contributed by atoms with Gasteiger partial charge in [0, 0.05) is 15.9 Å². The molecule has 1 aromatic rings. The molecule has 5 aliphatic rings. The molecule has 4 saturated carbocycles. The lowest BCUT2D eigenvalue weighted by Gasteiger charge is -2.68. The Hall–Kier alpha value is -2.60. The number of carbonyl (C=O) groups excluding carboxylic acids is 2. The summed E-state index contributed by atoms with van der Waals surface area (Å²) < 4.78 is 6.17. The van der Waals surface area contributed by atoms with E-state index in [2.05, 4.69) is 52.9 Å². The smallest absolute Gasteiger partial charge is 0.309 e. The average molecular weight is 734 g/mol. The first-order valence-corrected chi connectivity index (χ1v) is 20.5. The number of rotatable bonds is 9. The van der Waals surface area contributed by atoms with Crippen LogP contribution in [0.5, 0.6) is 0 Å². The first kappa shape index (κ1) is 39.1. The standard InChI is InChI=1S/C45H64ClNO5/c1-27(2)31-15-22-45(24-19-37(48)47-28(3)29-11-10-12-30(46)25-29)23-16-33-32(39(31)45)13-14-35-43(33,8)20-17-34-42(6,7)36(18-21-44(34,35)9)52-38(49)26-41(4,5)40(50)51/h10-12,19,24-25,27-28,32-36H,13-18,20-23,26H2,1-9H3,(H,47,48)(H,50,51)/b24-19+. The summed E-state index contributed by atoms with van der Waals surface area (Å²) in [4.78, 5) is 38.2. The molecule has 0 heterocycles. The Kier molecular flexibility index (Phi) is 10.5. The van der Waals surface area contributed by atoms with E-state index in [4.69, 9.17) is 16.3 Å². The molecule has 1 amide bonds. The second kappa shape index (κ2) is 13.9. The lowest BCUT2D eigenvalue weighted by molar-refractivity contribution is -0.213. The maximum Gasteiger partial charge on any atom is 0.309 e. The van der Waals surface area contributed by atoms with Gasteiger partial charge in [-0.05, 0) is 149 Å². The second-order valence-corrected chi connectivity index (χ2v) is 20.0. The molecule has 5 aliphatic carbocycles. The Bertz CT molecular complexity index is 1640. The van der Waals surface area contributed by atoms with Gasteiger partial charge in [0.1, 0.15) is 6.10 Å². The average Bonchev–Trinajstić information content (AvgIpc) is 3.45. The minimum absolute atomic E-state index is 0.0408. The van der Waals surface area contributed by atoms with Crippen molar-refractivity contribution in [2.75, 3.05) is 0 Å². The topological polar surface area (TPSA) is 92.7 Å². The van der Waals surface area contributed by atoms with Gasteiger partial charge in [-0.1, -0.05) is 82.5 Å². The van der Waals surface area contributed by atoms with Gasteiger partial charge in [0.25, 0.3) is 0 Å². The molecule has 1 aromatic carbocycles. The summed E-state index contributed by atoms with van der Waals surface area (Å²) in [5, 5.41) is 13.5. The molecule has 7 heteroatoms. The fourth-order valence-electron chi connectivity index (χ4n) is 12.8. The number of hydrogen-bond acceptors (Lipinski definition) is 4. The lowest BCUT2D eigenvalue weighted by atomic mass is 9.36. The Morgan fingerprint density at radius 3 is 2.35 bits per heavy atom. The number of allylic oxidation sites excluding steroid dienone is 3. The summed E-state index contributed by atoms with van der Waals surface area (Å²) in [5.41, 5.74) is 3.34. The first-order chi connectivity index (χ1) is 24.2. The van der Waals surface area contributed by atoms with Crippen LogP contribution in [0.4, 0.5) is 0 Å². The van der Waals surface area contributed by atoms with Crippen molar-refractivity contribution >= 4 is 29.4 Å². The zero-order valence-corrected chi connectivity index (χ0v) is 34.0. The molecule has 6 nitrogen and oxygen atoms in total. The van der Waals surface area contributed by atoms with E-state index in [-0.39, 0.29) is 46.1 Å². The number of fused-ring (bicyclic) bond motifs is 7. The highest BCUT2D eigenvalue weighted by Gasteiger charge is 2.66. The van der Waals surface area contributed by atoms with Gasteiger partial charge >= 0.3 is 11.9 Å². The van der Waals surface area contributed by atoms with E-state index in [1.807, 2.05) is 37.3 Å². The number of halogens is 1. The molecule has 0 spiro atoms. The van der Waals surface area contributed by atoms with Crippen molar-refractivity contribution in [2.24, 2.45) is 56.7 Å². The van der Waals surface area contributed by atoms with Gasteiger partial charge < -0.3 is 15.2 Å². The van der Waals surface area contributed by atoms with E-state index in [0.29, 0.717) is 34.6 Å². The van der Waals surface area contributed by atoms with Crippen LogP contribution in [0, 0.1) is 56.7 Å². The fourth-order valence-corrected chi connectivity index (χ4v) is 13.0. The number of aliphatic carboxylic acids is 1. The minimum atomic E-state index is -1.14. The van der Waals surface area contributed by atoms with Crippen LogP contribution in [0.15, 0.2) is 47.6 Å². The molecule has 0 bridgehead atoms. The number of carboxylic acid groups (broad SMARTS) is 1. The summed E-state index contributed by atoms with van der Waals surface area (Å²) in [7, 11) is 0. The summed E-state index contributed by atoms with van der Waals surface area (Å²) >= 11 is 6.23. The number of amides is 1. The van der Waals surface area contributed by atoms with Crippen LogP contribution >= 0.6 is 11.6 Å². The highest BCUT2D eigenvalue weighted by Crippen LogP contribution is 2.73. The largest absolute Gasteiger partial charge is 0.481 e. The highest BCUT2D eigenvalue weighted by atomic mass is 35.5. The van der Waals surface area contributed by atoms with Crippen LogP contribution in [0.25, 0.3) is 0 Å².